The van der Waals surface area contributed by atoms with E-state index in [1.54, 1.807) is 43.3 Å². The van der Waals surface area contributed by atoms with Gasteiger partial charge in [0.25, 0.3) is 15.9 Å². The van der Waals surface area contributed by atoms with E-state index in [1.165, 1.54) is 12.1 Å². The molecule has 0 aliphatic carbocycles. The molecule has 3 aromatic carbocycles. The molecule has 0 spiro atoms. The molecule has 5 nitrogen and oxygen atoms in total. The number of rotatable bonds is 7. The van der Waals surface area contributed by atoms with Crippen LogP contribution in [0.2, 0.25) is 0 Å². The summed E-state index contributed by atoms with van der Waals surface area (Å²) < 4.78 is 27.7. The fourth-order valence-corrected chi connectivity index (χ4v) is 4.49. The summed E-state index contributed by atoms with van der Waals surface area (Å²) in [4.78, 5) is 13.0. The van der Waals surface area contributed by atoms with E-state index in [2.05, 4.69) is 10.0 Å². The first-order chi connectivity index (χ1) is 14.3. The molecule has 3 rings (SSSR count). The van der Waals surface area contributed by atoms with Gasteiger partial charge in [0.05, 0.1) is 16.6 Å². The van der Waals surface area contributed by atoms with Gasteiger partial charge >= 0.3 is 0 Å². The molecule has 0 aliphatic heterocycles. The van der Waals surface area contributed by atoms with Crippen molar-refractivity contribution in [3.8, 4) is 0 Å². The maximum Gasteiger partial charge on any atom is 0.261 e. The molecule has 156 valence electrons. The summed E-state index contributed by atoms with van der Waals surface area (Å²) in [6.07, 6.45) is 0.768. The van der Waals surface area contributed by atoms with Gasteiger partial charge < -0.3 is 5.32 Å². The van der Waals surface area contributed by atoms with Crippen LogP contribution in [0.5, 0.6) is 0 Å². The first-order valence-corrected chi connectivity index (χ1v) is 11.3. The number of carbonyl (C=O) groups excluding carboxylic acids is 1. The van der Waals surface area contributed by atoms with E-state index in [1.807, 2.05) is 38.1 Å². The lowest BCUT2D eigenvalue weighted by atomic mass is 9.99. The number of hydrogen-bond acceptors (Lipinski definition) is 3. The lowest BCUT2D eigenvalue weighted by Crippen LogP contribution is -2.28. The van der Waals surface area contributed by atoms with Gasteiger partial charge in [0.1, 0.15) is 0 Å². The molecule has 1 amide bonds. The average molecular weight is 423 g/mol. The van der Waals surface area contributed by atoms with Gasteiger partial charge in [-0.2, -0.15) is 0 Å². The van der Waals surface area contributed by atoms with Crippen LogP contribution in [0.4, 0.5) is 5.69 Å². The quantitative estimate of drug-likeness (QED) is 0.563. The normalized spacial score (nSPS) is 12.2. The highest BCUT2D eigenvalue weighted by molar-refractivity contribution is 7.92. The second kappa shape index (κ2) is 9.13. The van der Waals surface area contributed by atoms with E-state index in [9.17, 15) is 13.2 Å². The third kappa shape index (κ3) is 4.89. The van der Waals surface area contributed by atoms with Crippen molar-refractivity contribution in [3.63, 3.8) is 0 Å². The van der Waals surface area contributed by atoms with Gasteiger partial charge in [-0.05, 0) is 67.3 Å². The third-order valence-electron chi connectivity index (χ3n) is 5.06. The minimum atomic E-state index is -3.68. The number of sulfonamides is 1. The Kier molecular flexibility index (Phi) is 6.57. The van der Waals surface area contributed by atoms with Crippen molar-refractivity contribution < 1.29 is 13.2 Å². The Hall–Kier alpha value is -3.12. The van der Waals surface area contributed by atoms with Crippen molar-refractivity contribution in [3.05, 3.63) is 95.1 Å². The molecule has 0 aromatic heterocycles. The number of amides is 1. The number of hydrogen-bond donors (Lipinski definition) is 2. The monoisotopic (exact) mass is 422 g/mol. The van der Waals surface area contributed by atoms with Crippen LogP contribution in [0.25, 0.3) is 0 Å². The Morgan fingerprint density at radius 3 is 2.20 bits per heavy atom. The van der Waals surface area contributed by atoms with Crippen LogP contribution in [0.3, 0.4) is 0 Å². The van der Waals surface area contributed by atoms with Gasteiger partial charge in [-0.1, -0.05) is 49.4 Å². The summed E-state index contributed by atoms with van der Waals surface area (Å²) in [6, 6.07) is 21.1. The van der Waals surface area contributed by atoms with Crippen molar-refractivity contribution in [2.75, 3.05) is 4.72 Å². The van der Waals surface area contributed by atoms with Gasteiger partial charge in [-0.15, -0.1) is 0 Å². The number of anilines is 1. The summed E-state index contributed by atoms with van der Waals surface area (Å²) in [5, 5.41) is 3.08. The molecule has 0 bridgehead atoms. The molecular formula is C24H26N2O3S. The molecule has 0 aliphatic rings. The minimum Gasteiger partial charge on any atom is -0.345 e. The van der Waals surface area contributed by atoms with Crippen molar-refractivity contribution in [2.45, 2.75) is 38.1 Å². The Morgan fingerprint density at radius 1 is 0.900 bits per heavy atom. The third-order valence-corrected chi connectivity index (χ3v) is 6.45. The second-order valence-corrected chi connectivity index (χ2v) is 8.92. The summed E-state index contributed by atoms with van der Waals surface area (Å²) >= 11 is 0. The van der Waals surface area contributed by atoms with Crippen molar-refractivity contribution in [2.24, 2.45) is 0 Å². The van der Waals surface area contributed by atoms with Gasteiger partial charge in [0.2, 0.25) is 0 Å². The zero-order valence-electron chi connectivity index (χ0n) is 17.3. The van der Waals surface area contributed by atoms with E-state index in [-0.39, 0.29) is 16.8 Å². The van der Waals surface area contributed by atoms with Crippen LogP contribution in [-0.4, -0.2) is 14.3 Å². The highest BCUT2D eigenvalue weighted by atomic mass is 32.2. The number of benzene rings is 3. The molecule has 0 fully saturated rings. The van der Waals surface area contributed by atoms with Gasteiger partial charge in [0, 0.05) is 5.56 Å². The van der Waals surface area contributed by atoms with E-state index in [4.69, 9.17) is 0 Å². The van der Waals surface area contributed by atoms with Gasteiger partial charge in [-0.3, -0.25) is 9.52 Å². The van der Waals surface area contributed by atoms with Crippen LogP contribution in [0.15, 0.2) is 77.7 Å². The smallest absolute Gasteiger partial charge is 0.261 e. The lowest BCUT2D eigenvalue weighted by Gasteiger charge is -2.20. The van der Waals surface area contributed by atoms with Gasteiger partial charge in [0.15, 0.2) is 0 Å². The fraction of sp³-hybridized carbons (Fsp3) is 0.208. The first kappa shape index (κ1) is 21.6. The molecule has 6 heteroatoms. The summed E-state index contributed by atoms with van der Waals surface area (Å²) in [5.41, 5.74) is 3.83. The standard InChI is InChI=1S/C24H26N2O3S/c1-4-22(21-13-9-8-10-17(21)2)25-24(27)19-14-15-23(18(3)16-19)26-30(28,29)20-11-6-5-7-12-20/h5-16,22,26H,4H2,1-3H3,(H,25,27)/t22-/m1/s1. The van der Waals surface area contributed by atoms with E-state index in [0.717, 1.165) is 17.5 Å². The van der Waals surface area contributed by atoms with Crippen LogP contribution in [-0.2, 0) is 10.0 Å². The minimum absolute atomic E-state index is 0.0877. The molecule has 1 atom stereocenters. The molecular weight excluding hydrogens is 396 g/mol. The van der Waals surface area contributed by atoms with Gasteiger partial charge in [-0.25, -0.2) is 8.42 Å². The Balaban J connectivity index is 1.78. The average Bonchev–Trinajstić information content (AvgIpc) is 2.74. The summed E-state index contributed by atoms with van der Waals surface area (Å²) in [5.74, 6) is -0.189. The highest BCUT2D eigenvalue weighted by Crippen LogP contribution is 2.23. The maximum absolute atomic E-state index is 12.8. The fourth-order valence-electron chi connectivity index (χ4n) is 3.34. The lowest BCUT2D eigenvalue weighted by molar-refractivity contribution is 0.0935. The Morgan fingerprint density at radius 2 is 1.57 bits per heavy atom. The maximum atomic E-state index is 12.8. The molecule has 3 aromatic rings. The van der Waals surface area contributed by atoms with Crippen LogP contribution in [0, 0.1) is 13.8 Å². The van der Waals surface area contributed by atoms with Crippen LogP contribution >= 0.6 is 0 Å². The number of carbonyl (C=O) groups is 1. The van der Waals surface area contributed by atoms with Crippen LogP contribution < -0.4 is 10.0 Å². The predicted molar refractivity (Wildman–Crippen MR) is 120 cm³/mol. The molecule has 2 N–H and O–H groups in total. The molecule has 0 saturated heterocycles. The zero-order valence-corrected chi connectivity index (χ0v) is 18.2. The summed E-state index contributed by atoms with van der Waals surface area (Å²) in [6.45, 7) is 5.84. The Labute approximate surface area is 178 Å². The topological polar surface area (TPSA) is 75.3 Å². The second-order valence-electron chi connectivity index (χ2n) is 7.24. The molecule has 0 saturated carbocycles. The van der Waals surface area contributed by atoms with Crippen molar-refractivity contribution >= 4 is 21.6 Å². The predicted octanol–water partition coefficient (Wildman–Crippen LogP) is 4.99. The van der Waals surface area contributed by atoms with E-state index < -0.39 is 10.0 Å². The zero-order chi connectivity index (χ0) is 21.7. The number of nitrogens with one attached hydrogen (secondary N) is 2. The van der Waals surface area contributed by atoms with E-state index in [0.29, 0.717) is 16.8 Å². The molecule has 0 heterocycles. The SMILES string of the molecule is CC[C@@H](NC(=O)c1ccc(NS(=O)(=O)c2ccccc2)c(C)c1)c1ccccc1C. The van der Waals surface area contributed by atoms with Crippen LogP contribution in [0.1, 0.15) is 46.4 Å². The molecule has 0 radical (unpaired) electrons. The number of aryl methyl sites for hydroxylation is 2. The highest BCUT2D eigenvalue weighted by Gasteiger charge is 2.18. The molecule has 30 heavy (non-hydrogen) atoms. The Bertz CT molecular complexity index is 1140. The first-order valence-electron chi connectivity index (χ1n) is 9.86. The summed E-state index contributed by atoms with van der Waals surface area (Å²) in [7, 11) is -3.68. The van der Waals surface area contributed by atoms with E-state index >= 15 is 0 Å². The molecule has 0 unspecified atom stereocenters. The van der Waals surface area contributed by atoms with Crippen molar-refractivity contribution in [1.29, 1.82) is 0 Å². The largest absolute Gasteiger partial charge is 0.345 e. The van der Waals surface area contributed by atoms with Crippen molar-refractivity contribution in [1.82, 2.24) is 5.32 Å².